The van der Waals surface area contributed by atoms with Crippen LogP contribution in [0.25, 0.3) is 0 Å². The zero-order chi connectivity index (χ0) is 15.7. The molecule has 1 aromatic carbocycles. The van der Waals surface area contributed by atoms with Crippen molar-refractivity contribution in [3.63, 3.8) is 0 Å². The minimum absolute atomic E-state index is 0.303. The molecule has 0 fully saturated rings. The molecular weight excluding hydrogens is 318 g/mol. The lowest BCUT2D eigenvalue weighted by atomic mass is 10.1. The van der Waals surface area contributed by atoms with E-state index in [9.17, 15) is 9.59 Å². The number of benzene rings is 1. The van der Waals surface area contributed by atoms with E-state index in [1.54, 1.807) is 6.92 Å². The van der Waals surface area contributed by atoms with Gasteiger partial charge in [0.25, 0.3) is 0 Å². The molecule has 0 saturated heterocycles. The van der Waals surface area contributed by atoms with Gasteiger partial charge in [-0.25, -0.2) is 4.98 Å². The Labute approximate surface area is 136 Å². The fraction of sp³-hybridized carbons (Fsp3) is 0.267. The fourth-order valence-corrected chi connectivity index (χ4v) is 3.88. The highest BCUT2D eigenvalue weighted by atomic mass is 32.2. The first-order valence-corrected chi connectivity index (χ1v) is 8.47. The van der Waals surface area contributed by atoms with Gasteiger partial charge in [0.15, 0.2) is 4.75 Å². The third-order valence-corrected chi connectivity index (χ3v) is 5.59. The van der Waals surface area contributed by atoms with Gasteiger partial charge in [0.1, 0.15) is 0 Å². The van der Waals surface area contributed by atoms with Crippen LogP contribution in [0.1, 0.15) is 17.6 Å². The highest BCUT2D eigenvalue weighted by Crippen LogP contribution is 2.42. The molecule has 2 aromatic rings. The molecule has 1 aliphatic rings. The Morgan fingerprint density at radius 3 is 2.91 bits per heavy atom. The highest BCUT2D eigenvalue weighted by molar-refractivity contribution is 8.02. The average Bonchev–Trinajstić information content (AvgIpc) is 2.91. The lowest BCUT2D eigenvalue weighted by Crippen LogP contribution is -2.51. The van der Waals surface area contributed by atoms with E-state index in [0.717, 1.165) is 21.3 Å². The Morgan fingerprint density at radius 1 is 1.41 bits per heavy atom. The van der Waals surface area contributed by atoms with Gasteiger partial charge in [0, 0.05) is 10.3 Å². The molecule has 7 heteroatoms. The summed E-state index contributed by atoms with van der Waals surface area (Å²) < 4.78 is -1.18. The number of thiazole rings is 1. The topological polar surface area (TPSA) is 71.1 Å². The highest BCUT2D eigenvalue weighted by Gasteiger charge is 2.45. The summed E-state index contributed by atoms with van der Waals surface area (Å²) in [6, 6.07) is 7.47. The number of hydrogen-bond donors (Lipinski definition) is 2. The lowest BCUT2D eigenvalue weighted by Gasteiger charge is -2.31. The van der Waals surface area contributed by atoms with E-state index in [-0.39, 0.29) is 11.8 Å². The van der Waals surface area contributed by atoms with Crippen molar-refractivity contribution in [2.75, 3.05) is 5.32 Å². The number of rotatable bonds is 3. The van der Waals surface area contributed by atoms with Gasteiger partial charge in [-0.15, -0.1) is 11.3 Å². The van der Waals surface area contributed by atoms with E-state index in [1.165, 1.54) is 23.1 Å². The van der Waals surface area contributed by atoms with Crippen molar-refractivity contribution in [2.45, 2.75) is 30.0 Å². The lowest BCUT2D eigenvalue weighted by molar-refractivity contribution is -0.130. The van der Waals surface area contributed by atoms with Crippen LogP contribution in [0.4, 0.5) is 5.69 Å². The van der Waals surface area contributed by atoms with Gasteiger partial charge in [-0.3, -0.25) is 9.59 Å². The molecule has 0 spiro atoms. The van der Waals surface area contributed by atoms with Crippen molar-refractivity contribution in [2.24, 2.45) is 0 Å². The maximum absolute atomic E-state index is 12.5. The Kier molecular flexibility index (Phi) is 3.92. The molecule has 0 saturated carbocycles. The van der Waals surface area contributed by atoms with E-state index >= 15 is 0 Å². The van der Waals surface area contributed by atoms with E-state index in [2.05, 4.69) is 15.6 Å². The molecule has 0 radical (unpaired) electrons. The first-order chi connectivity index (χ1) is 10.5. The molecule has 1 aromatic heterocycles. The summed E-state index contributed by atoms with van der Waals surface area (Å²) >= 11 is 2.81. The minimum atomic E-state index is -1.18. The van der Waals surface area contributed by atoms with Gasteiger partial charge in [-0.05, 0) is 26.0 Å². The van der Waals surface area contributed by atoms with Gasteiger partial charge in [0.2, 0.25) is 11.8 Å². The summed E-state index contributed by atoms with van der Waals surface area (Å²) in [4.78, 5) is 30.0. The first-order valence-electron chi connectivity index (χ1n) is 6.78. The van der Waals surface area contributed by atoms with Crippen molar-refractivity contribution in [3.8, 4) is 0 Å². The average molecular weight is 333 g/mol. The zero-order valence-electron chi connectivity index (χ0n) is 12.2. The standard InChI is InChI=1S/C15H15N3O2S2/c1-9-17-10(8-21-9)7-16-13(19)15(2)14(20)18-11-5-3-4-6-12(11)22-15/h3-6,8H,7H2,1-2H3,(H,16,19)(H,18,20). The Balaban J connectivity index is 1.75. The number of carbonyl (C=O) groups is 2. The number of fused-ring (bicyclic) bond motifs is 1. The molecule has 2 N–H and O–H groups in total. The maximum atomic E-state index is 12.5. The minimum Gasteiger partial charge on any atom is -0.349 e. The van der Waals surface area contributed by atoms with Crippen LogP contribution in [0.2, 0.25) is 0 Å². The van der Waals surface area contributed by atoms with E-state index < -0.39 is 4.75 Å². The Hall–Kier alpha value is -1.86. The number of carbonyl (C=O) groups excluding carboxylic acids is 2. The second-order valence-corrected chi connectivity index (χ2v) is 7.65. The SMILES string of the molecule is Cc1nc(CNC(=O)C2(C)Sc3ccccc3NC2=O)cs1. The summed E-state index contributed by atoms with van der Waals surface area (Å²) in [5.41, 5.74) is 1.55. The fourth-order valence-electron chi connectivity index (χ4n) is 2.15. The van der Waals surface area contributed by atoms with E-state index in [0.29, 0.717) is 6.54 Å². The molecule has 114 valence electrons. The first kappa shape index (κ1) is 15.1. The summed E-state index contributed by atoms with van der Waals surface area (Å²) in [6.45, 7) is 3.89. The number of nitrogens with one attached hydrogen (secondary N) is 2. The summed E-state index contributed by atoms with van der Waals surface area (Å²) in [6.07, 6.45) is 0. The summed E-state index contributed by atoms with van der Waals surface area (Å²) in [7, 11) is 0. The smallest absolute Gasteiger partial charge is 0.250 e. The number of hydrogen-bond acceptors (Lipinski definition) is 5. The van der Waals surface area contributed by atoms with Crippen LogP contribution in [-0.2, 0) is 16.1 Å². The van der Waals surface area contributed by atoms with Gasteiger partial charge >= 0.3 is 0 Å². The van der Waals surface area contributed by atoms with Gasteiger partial charge < -0.3 is 10.6 Å². The maximum Gasteiger partial charge on any atom is 0.250 e. The largest absolute Gasteiger partial charge is 0.349 e. The summed E-state index contributed by atoms with van der Waals surface area (Å²) in [5.74, 6) is -0.613. The quantitative estimate of drug-likeness (QED) is 0.847. The van der Waals surface area contributed by atoms with Crippen LogP contribution in [-0.4, -0.2) is 21.5 Å². The molecule has 0 aliphatic carbocycles. The molecule has 3 rings (SSSR count). The predicted molar refractivity (Wildman–Crippen MR) is 88.0 cm³/mol. The van der Waals surface area contributed by atoms with Gasteiger partial charge in [-0.2, -0.15) is 0 Å². The van der Waals surface area contributed by atoms with Crippen molar-refractivity contribution in [1.82, 2.24) is 10.3 Å². The predicted octanol–water partition coefficient (Wildman–Crippen LogP) is 2.57. The molecule has 5 nitrogen and oxygen atoms in total. The van der Waals surface area contributed by atoms with Crippen LogP contribution in [0.3, 0.4) is 0 Å². The number of aromatic nitrogens is 1. The second-order valence-electron chi connectivity index (χ2n) is 5.13. The molecule has 1 atom stereocenters. The molecule has 22 heavy (non-hydrogen) atoms. The number of amides is 2. The van der Waals surface area contributed by atoms with Crippen LogP contribution < -0.4 is 10.6 Å². The van der Waals surface area contributed by atoms with Crippen LogP contribution in [0.5, 0.6) is 0 Å². The molecule has 1 aliphatic heterocycles. The van der Waals surface area contributed by atoms with Crippen molar-refractivity contribution in [3.05, 3.63) is 40.3 Å². The summed E-state index contributed by atoms with van der Waals surface area (Å²) in [5, 5.41) is 8.46. The van der Waals surface area contributed by atoms with Crippen molar-refractivity contribution < 1.29 is 9.59 Å². The van der Waals surface area contributed by atoms with Crippen LogP contribution >= 0.6 is 23.1 Å². The molecular formula is C15H15N3O2S2. The Bertz CT molecular complexity index is 744. The third kappa shape index (κ3) is 2.74. The molecule has 0 bridgehead atoms. The second kappa shape index (κ2) is 5.73. The number of thioether (sulfide) groups is 1. The zero-order valence-corrected chi connectivity index (χ0v) is 13.8. The molecule has 1 unspecified atom stereocenters. The number of para-hydroxylation sites is 1. The van der Waals surface area contributed by atoms with Gasteiger partial charge in [0.05, 0.1) is 22.9 Å². The molecule has 2 amide bonds. The third-order valence-electron chi connectivity index (χ3n) is 3.41. The van der Waals surface area contributed by atoms with Gasteiger partial charge in [-0.1, -0.05) is 23.9 Å². The normalized spacial score (nSPS) is 20.2. The monoisotopic (exact) mass is 333 g/mol. The number of aryl methyl sites for hydroxylation is 1. The van der Waals surface area contributed by atoms with E-state index in [4.69, 9.17) is 0 Å². The number of nitrogens with zero attached hydrogens (tertiary/aromatic N) is 1. The van der Waals surface area contributed by atoms with Crippen LogP contribution in [0.15, 0.2) is 34.5 Å². The Morgan fingerprint density at radius 2 is 2.18 bits per heavy atom. The number of anilines is 1. The molecule has 2 heterocycles. The van der Waals surface area contributed by atoms with Crippen molar-refractivity contribution in [1.29, 1.82) is 0 Å². The van der Waals surface area contributed by atoms with Crippen LogP contribution in [0, 0.1) is 6.92 Å². The van der Waals surface area contributed by atoms with Crippen molar-refractivity contribution >= 4 is 40.6 Å². The van der Waals surface area contributed by atoms with E-state index in [1.807, 2.05) is 36.6 Å².